The summed E-state index contributed by atoms with van der Waals surface area (Å²) in [7, 11) is 2.28. The summed E-state index contributed by atoms with van der Waals surface area (Å²) in [6, 6.07) is 7.36. The molecule has 2 aromatic rings. The second kappa shape index (κ2) is 5.79. The standard InChI is InChI=1S/C20H26N2O/c1-13(23)5-3-6-14-9-17-16-7-4-8-18-20(16)15(11-21-18)10-19(17)22(2)12-14/h4,7-8,11,14,17,19,21H,3,5-6,9-10,12H2,1-2H3/t14-,17-,19-/m1/s1. The van der Waals surface area contributed by atoms with Crippen LogP contribution in [0.5, 0.6) is 0 Å². The topological polar surface area (TPSA) is 36.1 Å². The van der Waals surface area contributed by atoms with Gasteiger partial charge in [-0.25, -0.2) is 0 Å². The van der Waals surface area contributed by atoms with Crippen molar-refractivity contribution in [2.45, 2.75) is 51.0 Å². The lowest BCUT2D eigenvalue weighted by atomic mass is 9.71. The second-order valence-corrected chi connectivity index (χ2v) is 7.60. The molecule has 1 aliphatic heterocycles. The Morgan fingerprint density at radius 2 is 2.26 bits per heavy atom. The fourth-order valence-electron chi connectivity index (χ4n) is 4.90. The summed E-state index contributed by atoms with van der Waals surface area (Å²) in [6.45, 7) is 2.88. The Labute approximate surface area is 138 Å². The molecule has 0 bridgehead atoms. The van der Waals surface area contributed by atoms with Gasteiger partial charge in [-0.05, 0) is 62.8 Å². The first kappa shape index (κ1) is 14.9. The summed E-state index contributed by atoms with van der Waals surface area (Å²) in [6.07, 6.45) is 7.62. The normalized spacial score (nSPS) is 27.1. The van der Waals surface area contributed by atoms with E-state index in [2.05, 4.69) is 41.3 Å². The van der Waals surface area contributed by atoms with Gasteiger partial charge in [0.25, 0.3) is 0 Å². The number of rotatable bonds is 4. The van der Waals surface area contributed by atoms with E-state index in [1.165, 1.54) is 47.8 Å². The maximum absolute atomic E-state index is 11.2. The van der Waals surface area contributed by atoms with Gasteiger partial charge in [0.2, 0.25) is 0 Å². The number of Topliss-reactive ketones (excluding diaryl/α,β-unsaturated/α-hetero) is 1. The van der Waals surface area contributed by atoms with E-state index in [1.54, 1.807) is 6.92 Å². The molecule has 122 valence electrons. The van der Waals surface area contributed by atoms with E-state index in [0.29, 0.717) is 17.7 Å². The van der Waals surface area contributed by atoms with E-state index < -0.39 is 0 Å². The molecular weight excluding hydrogens is 284 g/mol. The molecule has 1 aromatic heterocycles. The van der Waals surface area contributed by atoms with Crippen LogP contribution in [0.15, 0.2) is 24.4 Å². The number of carbonyl (C=O) groups excluding carboxylic acids is 1. The Kier molecular flexibility index (Phi) is 3.76. The molecule has 3 atom stereocenters. The number of benzene rings is 1. The summed E-state index contributed by atoms with van der Waals surface area (Å²) in [5.41, 5.74) is 4.31. The van der Waals surface area contributed by atoms with Gasteiger partial charge in [-0.3, -0.25) is 0 Å². The maximum atomic E-state index is 11.2. The van der Waals surface area contributed by atoms with Crippen LogP contribution >= 0.6 is 0 Å². The lowest BCUT2D eigenvalue weighted by Crippen LogP contribution is -2.47. The lowest BCUT2D eigenvalue weighted by Gasteiger charge is -2.45. The van der Waals surface area contributed by atoms with Crippen molar-refractivity contribution in [2.24, 2.45) is 5.92 Å². The van der Waals surface area contributed by atoms with E-state index in [9.17, 15) is 4.79 Å². The molecule has 0 saturated carbocycles. The third-order valence-electron chi connectivity index (χ3n) is 5.95. The highest BCUT2D eigenvalue weighted by molar-refractivity contribution is 5.88. The van der Waals surface area contributed by atoms with E-state index in [4.69, 9.17) is 0 Å². The Bertz CT molecular complexity index is 732. The first-order valence-electron chi connectivity index (χ1n) is 8.92. The van der Waals surface area contributed by atoms with E-state index in [-0.39, 0.29) is 0 Å². The Morgan fingerprint density at radius 3 is 3.09 bits per heavy atom. The highest BCUT2D eigenvalue weighted by atomic mass is 16.1. The Balaban J connectivity index is 1.59. The van der Waals surface area contributed by atoms with Gasteiger partial charge in [0.15, 0.2) is 0 Å². The molecule has 23 heavy (non-hydrogen) atoms. The number of carbonyl (C=O) groups is 1. The van der Waals surface area contributed by atoms with E-state index >= 15 is 0 Å². The van der Waals surface area contributed by atoms with Crippen molar-refractivity contribution in [1.82, 2.24) is 9.88 Å². The van der Waals surface area contributed by atoms with Crippen LogP contribution in [0, 0.1) is 5.92 Å². The molecule has 0 radical (unpaired) electrons. The fourth-order valence-corrected chi connectivity index (χ4v) is 4.90. The minimum absolute atomic E-state index is 0.325. The predicted molar refractivity (Wildman–Crippen MR) is 93.8 cm³/mol. The number of H-pyrrole nitrogens is 1. The van der Waals surface area contributed by atoms with Crippen LogP contribution in [0.2, 0.25) is 0 Å². The van der Waals surface area contributed by atoms with Crippen LogP contribution in [-0.2, 0) is 11.2 Å². The number of likely N-dealkylation sites (tertiary alicyclic amines) is 1. The summed E-state index contributed by atoms with van der Waals surface area (Å²) < 4.78 is 0. The zero-order valence-electron chi connectivity index (χ0n) is 14.1. The minimum Gasteiger partial charge on any atom is -0.361 e. The van der Waals surface area contributed by atoms with Crippen molar-refractivity contribution < 1.29 is 4.79 Å². The maximum Gasteiger partial charge on any atom is 0.129 e. The summed E-state index contributed by atoms with van der Waals surface area (Å²) >= 11 is 0. The van der Waals surface area contributed by atoms with Crippen molar-refractivity contribution in [1.29, 1.82) is 0 Å². The zero-order chi connectivity index (χ0) is 16.0. The smallest absolute Gasteiger partial charge is 0.129 e. The largest absolute Gasteiger partial charge is 0.361 e. The highest BCUT2D eigenvalue weighted by Gasteiger charge is 2.38. The van der Waals surface area contributed by atoms with Gasteiger partial charge in [-0.2, -0.15) is 0 Å². The number of hydrogen-bond donors (Lipinski definition) is 1. The molecule has 2 aliphatic rings. The third-order valence-corrected chi connectivity index (χ3v) is 5.95. The predicted octanol–water partition coefficient (Wildman–Crippen LogP) is 3.89. The SMILES string of the molecule is CC(=O)CCC[C@@H]1C[C@@H]2c3cccc4[nH]cc(c34)C[C@H]2N(C)C1. The number of aromatic nitrogens is 1. The summed E-state index contributed by atoms with van der Waals surface area (Å²) in [4.78, 5) is 17.2. The monoisotopic (exact) mass is 310 g/mol. The molecule has 0 unspecified atom stereocenters. The van der Waals surface area contributed by atoms with Crippen molar-refractivity contribution in [2.75, 3.05) is 13.6 Å². The second-order valence-electron chi connectivity index (χ2n) is 7.60. The van der Waals surface area contributed by atoms with Gasteiger partial charge in [0, 0.05) is 42.0 Å². The molecule has 3 nitrogen and oxygen atoms in total. The van der Waals surface area contributed by atoms with Crippen molar-refractivity contribution in [3.05, 3.63) is 35.5 Å². The Hall–Kier alpha value is -1.61. The lowest BCUT2D eigenvalue weighted by molar-refractivity contribution is -0.117. The number of nitrogens with one attached hydrogen (secondary N) is 1. The van der Waals surface area contributed by atoms with Gasteiger partial charge in [0.05, 0.1) is 0 Å². The molecule has 2 heterocycles. The molecule has 3 heteroatoms. The number of hydrogen-bond acceptors (Lipinski definition) is 2. The quantitative estimate of drug-likeness (QED) is 0.930. The van der Waals surface area contributed by atoms with E-state index in [0.717, 1.165) is 18.8 Å². The number of ketones is 1. The molecule has 1 aromatic carbocycles. The van der Waals surface area contributed by atoms with Crippen LogP contribution in [0.4, 0.5) is 0 Å². The van der Waals surface area contributed by atoms with Crippen LogP contribution in [0.1, 0.15) is 49.7 Å². The summed E-state index contributed by atoms with van der Waals surface area (Å²) in [5, 5.41) is 1.48. The highest BCUT2D eigenvalue weighted by Crippen LogP contribution is 2.45. The first-order valence-corrected chi connectivity index (χ1v) is 8.92. The molecule has 4 rings (SSSR count). The van der Waals surface area contributed by atoms with Crippen LogP contribution < -0.4 is 0 Å². The molecule has 0 spiro atoms. The molecule has 1 aliphatic carbocycles. The third kappa shape index (κ3) is 2.61. The zero-order valence-corrected chi connectivity index (χ0v) is 14.1. The molecule has 0 amide bonds. The number of nitrogens with zero attached hydrogens (tertiary/aromatic N) is 1. The fraction of sp³-hybridized carbons (Fsp3) is 0.550. The number of aromatic amines is 1. The van der Waals surface area contributed by atoms with E-state index in [1.807, 2.05) is 0 Å². The number of fused-ring (bicyclic) bond motifs is 2. The minimum atomic E-state index is 0.325. The first-order chi connectivity index (χ1) is 11.1. The van der Waals surface area contributed by atoms with Gasteiger partial charge >= 0.3 is 0 Å². The van der Waals surface area contributed by atoms with Crippen LogP contribution in [0.3, 0.4) is 0 Å². The van der Waals surface area contributed by atoms with Gasteiger partial charge in [-0.15, -0.1) is 0 Å². The summed E-state index contributed by atoms with van der Waals surface area (Å²) in [5.74, 6) is 1.69. The van der Waals surface area contributed by atoms with Gasteiger partial charge in [-0.1, -0.05) is 12.1 Å². The average molecular weight is 310 g/mol. The van der Waals surface area contributed by atoms with Gasteiger partial charge in [0.1, 0.15) is 5.78 Å². The molecular formula is C20H26N2O. The number of likely N-dealkylation sites (N-methyl/N-ethyl adjacent to an activating group) is 1. The number of piperidine rings is 1. The average Bonchev–Trinajstić information content (AvgIpc) is 2.93. The van der Waals surface area contributed by atoms with Crippen molar-refractivity contribution in [3.63, 3.8) is 0 Å². The Morgan fingerprint density at radius 1 is 1.39 bits per heavy atom. The van der Waals surface area contributed by atoms with Crippen LogP contribution in [-0.4, -0.2) is 35.3 Å². The van der Waals surface area contributed by atoms with Crippen molar-refractivity contribution >= 4 is 16.7 Å². The van der Waals surface area contributed by atoms with Gasteiger partial charge < -0.3 is 14.7 Å². The molecule has 1 N–H and O–H groups in total. The van der Waals surface area contributed by atoms with Crippen molar-refractivity contribution in [3.8, 4) is 0 Å². The molecule has 1 saturated heterocycles. The van der Waals surface area contributed by atoms with Crippen LogP contribution in [0.25, 0.3) is 10.9 Å². The molecule has 1 fully saturated rings.